The van der Waals surface area contributed by atoms with Gasteiger partial charge in [-0.25, -0.2) is 0 Å². The highest BCUT2D eigenvalue weighted by Crippen LogP contribution is 2.15. The molecule has 0 bridgehead atoms. The molecule has 0 aliphatic carbocycles. The molecule has 0 fully saturated rings. The van der Waals surface area contributed by atoms with Crippen molar-refractivity contribution in [3.05, 3.63) is 59.5 Å². The zero-order valence-electron chi connectivity index (χ0n) is 11.1. The molecule has 1 atom stereocenters. The summed E-state index contributed by atoms with van der Waals surface area (Å²) in [7, 11) is 2.01. The van der Waals surface area contributed by atoms with Crippen molar-refractivity contribution in [1.82, 2.24) is 5.32 Å². The first-order chi connectivity index (χ1) is 8.78. The lowest BCUT2D eigenvalue weighted by Crippen LogP contribution is -2.22. The molecule has 0 amide bonds. The molecule has 0 radical (unpaired) electrons. The van der Waals surface area contributed by atoms with Crippen molar-refractivity contribution >= 4 is 0 Å². The van der Waals surface area contributed by atoms with Crippen LogP contribution in [0.2, 0.25) is 0 Å². The van der Waals surface area contributed by atoms with Gasteiger partial charge in [-0.2, -0.15) is 0 Å². The van der Waals surface area contributed by atoms with Crippen LogP contribution in [0.4, 0.5) is 0 Å². The van der Waals surface area contributed by atoms with Crippen LogP contribution < -0.4 is 5.32 Å². The van der Waals surface area contributed by atoms with Crippen molar-refractivity contribution in [3.63, 3.8) is 0 Å². The third-order valence-corrected chi connectivity index (χ3v) is 3.20. The van der Waals surface area contributed by atoms with Crippen molar-refractivity contribution in [2.24, 2.45) is 5.92 Å². The van der Waals surface area contributed by atoms with E-state index in [4.69, 9.17) is 4.42 Å². The number of furan rings is 1. The Morgan fingerprint density at radius 2 is 2.00 bits per heavy atom. The number of nitrogens with one attached hydrogen (secondary N) is 1. The number of aryl methyl sites for hydroxylation is 1. The molecule has 2 aromatic rings. The summed E-state index contributed by atoms with van der Waals surface area (Å²) in [6.07, 6.45) is 5.76. The monoisotopic (exact) mass is 243 g/mol. The van der Waals surface area contributed by atoms with Gasteiger partial charge < -0.3 is 9.73 Å². The zero-order valence-corrected chi connectivity index (χ0v) is 11.1. The molecule has 1 heterocycles. The van der Waals surface area contributed by atoms with Crippen LogP contribution in [0.5, 0.6) is 0 Å². The van der Waals surface area contributed by atoms with Crippen molar-refractivity contribution in [3.8, 4) is 0 Å². The van der Waals surface area contributed by atoms with E-state index in [0.717, 1.165) is 19.4 Å². The van der Waals surface area contributed by atoms with Gasteiger partial charge >= 0.3 is 0 Å². The Kier molecular flexibility index (Phi) is 4.59. The first kappa shape index (κ1) is 12.9. The first-order valence-electron chi connectivity index (χ1n) is 6.49. The van der Waals surface area contributed by atoms with Gasteiger partial charge in [0.1, 0.15) is 0 Å². The fraction of sp³-hybridized carbons (Fsp3) is 0.375. The van der Waals surface area contributed by atoms with E-state index in [9.17, 15) is 0 Å². The highest BCUT2D eigenvalue weighted by atomic mass is 16.3. The molecule has 0 aliphatic rings. The van der Waals surface area contributed by atoms with Crippen LogP contribution >= 0.6 is 0 Å². The summed E-state index contributed by atoms with van der Waals surface area (Å²) in [5.74, 6) is 0.606. The Balaban J connectivity index is 2.01. The van der Waals surface area contributed by atoms with E-state index in [1.807, 2.05) is 13.3 Å². The predicted molar refractivity (Wildman–Crippen MR) is 74.7 cm³/mol. The summed E-state index contributed by atoms with van der Waals surface area (Å²) < 4.78 is 5.14. The first-order valence-corrected chi connectivity index (χ1v) is 6.49. The Morgan fingerprint density at radius 3 is 2.67 bits per heavy atom. The number of rotatable bonds is 6. The maximum atomic E-state index is 5.14. The van der Waals surface area contributed by atoms with Gasteiger partial charge in [0, 0.05) is 0 Å². The van der Waals surface area contributed by atoms with E-state index in [1.165, 1.54) is 16.7 Å². The molecule has 18 heavy (non-hydrogen) atoms. The van der Waals surface area contributed by atoms with Crippen molar-refractivity contribution in [2.75, 3.05) is 13.6 Å². The maximum Gasteiger partial charge on any atom is 0.0934 e. The lowest BCUT2D eigenvalue weighted by Gasteiger charge is -2.16. The average molecular weight is 243 g/mol. The van der Waals surface area contributed by atoms with Gasteiger partial charge in [0.15, 0.2) is 0 Å². The molecule has 1 unspecified atom stereocenters. The lowest BCUT2D eigenvalue weighted by molar-refractivity contribution is 0.488. The smallest absolute Gasteiger partial charge is 0.0934 e. The second-order valence-electron chi connectivity index (χ2n) is 4.95. The topological polar surface area (TPSA) is 25.2 Å². The Bertz CT molecular complexity index is 462. The normalized spacial score (nSPS) is 12.6. The molecule has 1 aromatic heterocycles. The van der Waals surface area contributed by atoms with Gasteiger partial charge in [0.2, 0.25) is 0 Å². The van der Waals surface area contributed by atoms with E-state index in [1.54, 1.807) is 6.26 Å². The SMILES string of the molecule is CNCC(Cc1ccoc1)Cc1cccc(C)c1. The van der Waals surface area contributed by atoms with Crippen LogP contribution in [-0.4, -0.2) is 13.6 Å². The van der Waals surface area contributed by atoms with E-state index >= 15 is 0 Å². The molecular weight excluding hydrogens is 222 g/mol. The van der Waals surface area contributed by atoms with Crippen molar-refractivity contribution in [1.29, 1.82) is 0 Å². The molecule has 2 heteroatoms. The van der Waals surface area contributed by atoms with Crippen LogP contribution in [0.3, 0.4) is 0 Å². The summed E-state index contributed by atoms with van der Waals surface area (Å²) in [5, 5.41) is 3.28. The second kappa shape index (κ2) is 6.41. The van der Waals surface area contributed by atoms with Crippen LogP contribution in [0.1, 0.15) is 16.7 Å². The van der Waals surface area contributed by atoms with Crippen molar-refractivity contribution < 1.29 is 4.42 Å². The quantitative estimate of drug-likeness (QED) is 0.842. The van der Waals surface area contributed by atoms with Crippen LogP contribution in [-0.2, 0) is 12.8 Å². The standard InChI is InChI=1S/C16H21NO/c1-13-4-3-5-14(8-13)9-16(11-17-2)10-15-6-7-18-12-15/h3-8,12,16-17H,9-11H2,1-2H3. The summed E-state index contributed by atoms with van der Waals surface area (Å²) >= 11 is 0. The summed E-state index contributed by atoms with van der Waals surface area (Å²) in [5.41, 5.74) is 4.03. The highest BCUT2D eigenvalue weighted by Gasteiger charge is 2.11. The van der Waals surface area contributed by atoms with E-state index in [-0.39, 0.29) is 0 Å². The van der Waals surface area contributed by atoms with E-state index in [0.29, 0.717) is 5.92 Å². The third-order valence-electron chi connectivity index (χ3n) is 3.20. The maximum absolute atomic E-state index is 5.14. The third kappa shape index (κ3) is 3.74. The molecule has 1 aromatic carbocycles. The Morgan fingerprint density at radius 1 is 1.17 bits per heavy atom. The zero-order chi connectivity index (χ0) is 12.8. The number of hydrogen-bond acceptors (Lipinski definition) is 2. The molecule has 2 rings (SSSR count). The molecular formula is C16H21NO. The summed E-state index contributed by atoms with van der Waals surface area (Å²) in [4.78, 5) is 0. The Hall–Kier alpha value is -1.54. The van der Waals surface area contributed by atoms with Crippen molar-refractivity contribution in [2.45, 2.75) is 19.8 Å². The van der Waals surface area contributed by atoms with Gasteiger partial charge in [-0.3, -0.25) is 0 Å². The average Bonchev–Trinajstić information content (AvgIpc) is 2.82. The minimum absolute atomic E-state index is 0.606. The van der Waals surface area contributed by atoms with Gasteiger partial charge in [-0.15, -0.1) is 0 Å². The van der Waals surface area contributed by atoms with Crippen LogP contribution in [0.25, 0.3) is 0 Å². The van der Waals surface area contributed by atoms with Gasteiger partial charge in [-0.05, 0) is 56.5 Å². The molecule has 96 valence electrons. The van der Waals surface area contributed by atoms with Crippen LogP contribution in [0, 0.1) is 12.8 Å². The largest absolute Gasteiger partial charge is 0.472 e. The van der Waals surface area contributed by atoms with Gasteiger partial charge in [0.05, 0.1) is 12.5 Å². The number of benzene rings is 1. The lowest BCUT2D eigenvalue weighted by atomic mass is 9.93. The highest BCUT2D eigenvalue weighted by molar-refractivity contribution is 5.23. The fourth-order valence-corrected chi connectivity index (χ4v) is 2.42. The molecule has 2 nitrogen and oxygen atoms in total. The number of hydrogen-bond donors (Lipinski definition) is 1. The van der Waals surface area contributed by atoms with Gasteiger partial charge in [0.25, 0.3) is 0 Å². The molecule has 1 N–H and O–H groups in total. The second-order valence-corrected chi connectivity index (χ2v) is 4.95. The van der Waals surface area contributed by atoms with E-state index in [2.05, 4.69) is 42.6 Å². The molecule has 0 spiro atoms. The van der Waals surface area contributed by atoms with Gasteiger partial charge in [-0.1, -0.05) is 29.8 Å². The Labute approximate surface area is 109 Å². The molecule has 0 saturated carbocycles. The summed E-state index contributed by atoms with van der Waals surface area (Å²) in [6.45, 7) is 3.17. The predicted octanol–water partition coefficient (Wildman–Crippen LogP) is 3.21. The minimum Gasteiger partial charge on any atom is -0.472 e. The van der Waals surface area contributed by atoms with Crippen LogP contribution in [0.15, 0.2) is 47.3 Å². The summed E-state index contributed by atoms with van der Waals surface area (Å²) in [6, 6.07) is 10.8. The molecule has 0 aliphatic heterocycles. The minimum atomic E-state index is 0.606. The molecule has 0 saturated heterocycles. The fourth-order valence-electron chi connectivity index (χ4n) is 2.42. The van der Waals surface area contributed by atoms with E-state index < -0.39 is 0 Å².